The average molecular weight is 253 g/mol. The second kappa shape index (κ2) is 5.19. The molecule has 3 unspecified atom stereocenters. The fourth-order valence-corrected chi connectivity index (χ4v) is 3.60. The van der Waals surface area contributed by atoms with E-state index in [-0.39, 0.29) is 6.10 Å². The van der Waals surface area contributed by atoms with E-state index in [9.17, 15) is 4.21 Å². The van der Waals surface area contributed by atoms with Crippen LogP contribution in [-0.2, 0) is 15.5 Å². The summed E-state index contributed by atoms with van der Waals surface area (Å²) in [6, 6.07) is 5.58. The van der Waals surface area contributed by atoms with E-state index < -0.39 is 10.8 Å². The maximum absolute atomic E-state index is 12.3. The number of nitrogens with two attached hydrogens (primary N) is 1. The molecule has 94 valence electrons. The van der Waals surface area contributed by atoms with Crippen molar-refractivity contribution in [3.8, 4) is 0 Å². The molecule has 2 rings (SSSR count). The summed E-state index contributed by atoms with van der Waals surface area (Å²) in [6.07, 6.45) is 2.51. The third-order valence-electron chi connectivity index (χ3n) is 3.23. The Morgan fingerprint density at radius 3 is 2.88 bits per heavy atom. The van der Waals surface area contributed by atoms with Crippen molar-refractivity contribution in [3.63, 3.8) is 0 Å². The third-order valence-corrected chi connectivity index (χ3v) is 4.84. The van der Waals surface area contributed by atoms with Gasteiger partial charge in [-0.3, -0.25) is 4.21 Å². The Kier molecular flexibility index (Phi) is 3.84. The number of anilines is 1. The molecule has 0 radical (unpaired) electrons. The zero-order valence-corrected chi connectivity index (χ0v) is 11.1. The molecule has 3 atom stereocenters. The Morgan fingerprint density at radius 1 is 1.47 bits per heavy atom. The molecule has 1 heterocycles. The van der Waals surface area contributed by atoms with Gasteiger partial charge in [0.15, 0.2) is 0 Å². The summed E-state index contributed by atoms with van der Waals surface area (Å²) in [5, 5.41) is 0. The fraction of sp³-hybridized carbons (Fsp3) is 0.538. The number of hydrogen-bond donors (Lipinski definition) is 1. The van der Waals surface area contributed by atoms with E-state index in [2.05, 4.69) is 6.92 Å². The molecule has 0 aliphatic carbocycles. The molecule has 0 spiro atoms. The first-order valence-electron chi connectivity index (χ1n) is 5.97. The van der Waals surface area contributed by atoms with Crippen molar-refractivity contribution in [2.45, 2.75) is 43.8 Å². The summed E-state index contributed by atoms with van der Waals surface area (Å²) in [5.41, 5.74) is 7.46. The summed E-state index contributed by atoms with van der Waals surface area (Å²) in [6.45, 7) is 3.98. The summed E-state index contributed by atoms with van der Waals surface area (Å²) < 4.78 is 18.0. The molecule has 4 heteroatoms. The molecule has 1 aromatic carbocycles. The molecule has 3 nitrogen and oxygen atoms in total. The van der Waals surface area contributed by atoms with Gasteiger partial charge in [-0.1, -0.05) is 6.07 Å². The van der Waals surface area contributed by atoms with Crippen LogP contribution in [0, 0.1) is 6.92 Å². The van der Waals surface area contributed by atoms with Crippen LogP contribution in [0.2, 0.25) is 0 Å². The monoisotopic (exact) mass is 253 g/mol. The second-order valence-electron chi connectivity index (χ2n) is 4.63. The molecule has 0 amide bonds. The highest BCUT2D eigenvalue weighted by atomic mass is 32.2. The minimum atomic E-state index is -1.02. The predicted octanol–water partition coefficient (Wildman–Crippen LogP) is 2.25. The largest absolute Gasteiger partial charge is 0.398 e. The van der Waals surface area contributed by atoms with Crippen LogP contribution in [0.25, 0.3) is 0 Å². The molecule has 1 fully saturated rings. The molecule has 1 aromatic rings. The topological polar surface area (TPSA) is 52.3 Å². The Morgan fingerprint density at radius 2 is 2.24 bits per heavy atom. The minimum Gasteiger partial charge on any atom is -0.398 e. The molecular weight excluding hydrogens is 234 g/mol. The average Bonchev–Trinajstić information content (AvgIpc) is 2.68. The van der Waals surface area contributed by atoms with Gasteiger partial charge in [0.25, 0.3) is 0 Å². The number of benzene rings is 1. The number of hydrogen-bond acceptors (Lipinski definition) is 3. The van der Waals surface area contributed by atoms with Crippen molar-refractivity contribution in [1.82, 2.24) is 0 Å². The summed E-state index contributed by atoms with van der Waals surface area (Å²) in [5.74, 6) is 0.578. The van der Waals surface area contributed by atoms with Crippen LogP contribution in [0.15, 0.2) is 23.1 Å². The highest BCUT2D eigenvalue weighted by molar-refractivity contribution is 7.85. The van der Waals surface area contributed by atoms with E-state index >= 15 is 0 Å². The van der Waals surface area contributed by atoms with Crippen molar-refractivity contribution in [1.29, 1.82) is 0 Å². The number of ether oxygens (including phenoxy) is 1. The standard InChI is InChI=1S/C13H19NO2S/c1-9-6-7-11(16-9)8-17(15)13-5-3-4-12(14)10(13)2/h3-5,9,11H,6-8,14H2,1-2H3. The molecule has 17 heavy (non-hydrogen) atoms. The molecule has 0 saturated carbocycles. The fourth-order valence-electron chi connectivity index (χ4n) is 2.14. The van der Waals surface area contributed by atoms with Crippen LogP contribution in [0.3, 0.4) is 0 Å². The normalized spacial score (nSPS) is 26.0. The molecule has 1 saturated heterocycles. The van der Waals surface area contributed by atoms with Gasteiger partial charge in [0.1, 0.15) is 0 Å². The van der Waals surface area contributed by atoms with Crippen LogP contribution in [0.4, 0.5) is 5.69 Å². The number of nitrogen functional groups attached to an aromatic ring is 1. The molecule has 2 N–H and O–H groups in total. The Balaban J connectivity index is 2.07. The van der Waals surface area contributed by atoms with Gasteiger partial charge in [0.2, 0.25) is 0 Å². The molecular formula is C13H19NO2S. The first kappa shape index (κ1) is 12.6. The lowest BCUT2D eigenvalue weighted by atomic mass is 10.2. The lowest BCUT2D eigenvalue weighted by molar-refractivity contribution is 0.0695. The Labute approximate surface area is 105 Å². The SMILES string of the molecule is Cc1c(N)cccc1S(=O)CC1CCC(C)O1. The third kappa shape index (κ3) is 2.87. The highest BCUT2D eigenvalue weighted by Gasteiger charge is 2.24. The van der Waals surface area contributed by atoms with Crippen molar-refractivity contribution in [2.24, 2.45) is 0 Å². The van der Waals surface area contributed by atoms with Gasteiger partial charge in [-0.2, -0.15) is 0 Å². The second-order valence-corrected chi connectivity index (χ2v) is 6.09. The highest BCUT2D eigenvalue weighted by Crippen LogP contribution is 2.24. The van der Waals surface area contributed by atoms with Crippen molar-refractivity contribution in [3.05, 3.63) is 23.8 Å². The molecule has 0 bridgehead atoms. The van der Waals surface area contributed by atoms with Crippen molar-refractivity contribution >= 4 is 16.5 Å². The Hall–Kier alpha value is -0.870. The van der Waals surface area contributed by atoms with E-state index in [4.69, 9.17) is 10.5 Å². The smallest absolute Gasteiger partial charge is 0.0698 e. The zero-order valence-electron chi connectivity index (χ0n) is 10.3. The van der Waals surface area contributed by atoms with Crippen molar-refractivity contribution < 1.29 is 8.95 Å². The molecule has 1 aliphatic rings. The first-order chi connectivity index (χ1) is 8.08. The van der Waals surface area contributed by atoms with E-state index in [0.29, 0.717) is 17.5 Å². The van der Waals surface area contributed by atoms with Crippen LogP contribution >= 0.6 is 0 Å². The van der Waals surface area contributed by atoms with Gasteiger partial charge in [0, 0.05) is 10.6 Å². The van der Waals surface area contributed by atoms with E-state index in [0.717, 1.165) is 23.3 Å². The Bertz CT molecular complexity index is 433. The van der Waals surface area contributed by atoms with Crippen molar-refractivity contribution in [2.75, 3.05) is 11.5 Å². The maximum atomic E-state index is 12.3. The van der Waals surface area contributed by atoms with Gasteiger partial charge < -0.3 is 10.5 Å². The summed E-state index contributed by atoms with van der Waals surface area (Å²) >= 11 is 0. The van der Waals surface area contributed by atoms with Crippen LogP contribution in [0.5, 0.6) is 0 Å². The zero-order chi connectivity index (χ0) is 12.4. The van der Waals surface area contributed by atoms with Gasteiger partial charge in [-0.15, -0.1) is 0 Å². The van der Waals surface area contributed by atoms with Crippen LogP contribution in [-0.4, -0.2) is 22.2 Å². The van der Waals surface area contributed by atoms with E-state index in [1.54, 1.807) is 0 Å². The molecule has 1 aliphatic heterocycles. The number of rotatable bonds is 3. The van der Waals surface area contributed by atoms with Crippen LogP contribution in [0.1, 0.15) is 25.3 Å². The van der Waals surface area contributed by atoms with E-state index in [1.165, 1.54) is 0 Å². The molecule has 0 aromatic heterocycles. The first-order valence-corrected chi connectivity index (χ1v) is 7.28. The van der Waals surface area contributed by atoms with E-state index in [1.807, 2.05) is 25.1 Å². The lowest BCUT2D eigenvalue weighted by Gasteiger charge is -2.12. The van der Waals surface area contributed by atoms with Gasteiger partial charge in [-0.25, -0.2) is 0 Å². The quantitative estimate of drug-likeness (QED) is 0.841. The van der Waals surface area contributed by atoms with Crippen LogP contribution < -0.4 is 5.73 Å². The maximum Gasteiger partial charge on any atom is 0.0698 e. The minimum absolute atomic E-state index is 0.131. The van der Waals surface area contributed by atoms with Gasteiger partial charge in [0.05, 0.1) is 28.8 Å². The van der Waals surface area contributed by atoms with Gasteiger partial charge in [-0.05, 0) is 44.4 Å². The predicted molar refractivity (Wildman–Crippen MR) is 70.4 cm³/mol. The summed E-state index contributed by atoms with van der Waals surface area (Å²) in [7, 11) is -1.02. The lowest BCUT2D eigenvalue weighted by Crippen LogP contribution is -2.17. The summed E-state index contributed by atoms with van der Waals surface area (Å²) in [4.78, 5) is 0.841. The van der Waals surface area contributed by atoms with Gasteiger partial charge >= 0.3 is 0 Å².